The van der Waals surface area contributed by atoms with Crippen molar-refractivity contribution >= 4 is 17.4 Å². The van der Waals surface area contributed by atoms with Crippen LogP contribution < -0.4 is 4.74 Å². The van der Waals surface area contributed by atoms with Crippen LogP contribution in [0.4, 0.5) is 0 Å². The number of halogens is 1. The van der Waals surface area contributed by atoms with Gasteiger partial charge in [-0.1, -0.05) is 11.6 Å². The normalized spacial score (nSPS) is 16.1. The molecule has 1 heterocycles. The van der Waals surface area contributed by atoms with E-state index in [0.29, 0.717) is 10.8 Å². The zero-order valence-electron chi connectivity index (χ0n) is 10.1. The molecule has 1 aliphatic carbocycles. The number of carbonyl (C=O) groups excluding carboxylic acids is 1. The van der Waals surface area contributed by atoms with Gasteiger partial charge in [-0.15, -0.1) is 0 Å². The molecule has 0 radical (unpaired) electrons. The summed E-state index contributed by atoms with van der Waals surface area (Å²) in [6.07, 6.45) is 3.97. The Hall–Kier alpha value is -1.88. The lowest BCUT2D eigenvalue weighted by molar-refractivity contribution is -0.131. The summed E-state index contributed by atoms with van der Waals surface area (Å²) in [6, 6.07) is 6.90. The molecule has 19 heavy (non-hydrogen) atoms. The van der Waals surface area contributed by atoms with Gasteiger partial charge in [-0.25, -0.2) is 9.67 Å². The fourth-order valence-corrected chi connectivity index (χ4v) is 1.92. The predicted octanol–water partition coefficient (Wildman–Crippen LogP) is 2.49. The first-order chi connectivity index (χ1) is 9.24. The van der Waals surface area contributed by atoms with Gasteiger partial charge in [-0.3, -0.25) is 4.79 Å². The van der Waals surface area contributed by atoms with E-state index in [1.165, 1.54) is 17.3 Å². The Bertz CT molecular complexity index is 564. The summed E-state index contributed by atoms with van der Waals surface area (Å²) in [6.45, 7) is 0. The number of benzene rings is 1. The minimum absolute atomic E-state index is 0.0421. The van der Waals surface area contributed by atoms with Crippen molar-refractivity contribution in [3.05, 3.63) is 41.9 Å². The Balaban J connectivity index is 1.82. The van der Waals surface area contributed by atoms with E-state index in [2.05, 4.69) is 10.1 Å². The van der Waals surface area contributed by atoms with Gasteiger partial charge in [0.05, 0.1) is 0 Å². The standard InChI is InChI=1S/C13H12ClN3O2/c14-10-3-5-11(6-4-10)19-13(12(18)9-1-2-9)17-8-15-7-16-17/h3-9,13H,1-2H2/t13-/m1/s1. The topological polar surface area (TPSA) is 57.0 Å². The van der Waals surface area contributed by atoms with Crippen LogP contribution in [0.1, 0.15) is 19.1 Å². The van der Waals surface area contributed by atoms with Crippen LogP contribution in [-0.4, -0.2) is 20.5 Å². The van der Waals surface area contributed by atoms with Crippen LogP contribution in [0.3, 0.4) is 0 Å². The summed E-state index contributed by atoms with van der Waals surface area (Å²) in [7, 11) is 0. The van der Waals surface area contributed by atoms with Crippen molar-refractivity contribution in [2.24, 2.45) is 5.92 Å². The summed E-state index contributed by atoms with van der Waals surface area (Å²) >= 11 is 5.82. The van der Waals surface area contributed by atoms with E-state index in [1.807, 2.05) is 0 Å². The highest BCUT2D eigenvalue weighted by Gasteiger charge is 2.37. The van der Waals surface area contributed by atoms with E-state index in [9.17, 15) is 4.79 Å². The van der Waals surface area contributed by atoms with Gasteiger partial charge in [0, 0.05) is 10.9 Å². The van der Waals surface area contributed by atoms with Crippen molar-refractivity contribution in [1.29, 1.82) is 0 Å². The Morgan fingerprint density at radius 2 is 2.11 bits per heavy atom. The average molecular weight is 278 g/mol. The van der Waals surface area contributed by atoms with E-state index in [1.54, 1.807) is 24.3 Å². The summed E-state index contributed by atoms with van der Waals surface area (Å²) in [4.78, 5) is 16.1. The van der Waals surface area contributed by atoms with E-state index in [0.717, 1.165) is 12.8 Å². The molecule has 1 saturated carbocycles. The van der Waals surface area contributed by atoms with Crippen molar-refractivity contribution in [1.82, 2.24) is 14.8 Å². The number of rotatable bonds is 5. The number of ketones is 1. The van der Waals surface area contributed by atoms with E-state index in [-0.39, 0.29) is 11.7 Å². The highest BCUT2D eigenvalue weighted by Crippen LogP contribution is 2.34. The molecule has 6 heteroatoms. The lowest BCUT2D eigenvalue weighted by atomic mass is 10.2. The van der Waals surface area contributed by atoms with Crippen molar-refractivity contribution < 1.29 is 9.53 Å². The number of ether oxygens (including phenoxy) is 1. The molecule has 5 nitrogen and oxygen atoms in total. The predicted molar refractivity (Wildman–Crippen MR) is 68.9 cm³/mol. The summed E-state index contributed by atoms with van der Waals surface area (Å²) in [5.74, 6) is 0.709. The van der Waals surface area contributed by atoms with Gasteiger partial charge in [0.1, 0.15) is 18.4 Å². The molecule has 1 atom stereocenters. The molecule has 0 saturated heterocycles. The number of Topliss-reactive ketones (excluding diaryl/α,β-unsaturated/α-hetero) is 1. The highest BCUT2D eigenvalue weighted by molar-refractivity contribution is 6.30. The molecule has 0 N–H and O–H groups in total. The third-order valence-electron chi connectivity index (χ3n) is 2.96. The Labute approximate surface area is 115 Å². The van der Waals surface area contributed by atoms with Gasteiger partial charge in [0.15, 0.2) is 5.78 Å². The SMILES string of the molecule is O=C(C1CC1)[C@@H](Oc1ccc(Cl)cc1)n1cncn1. The maximum atomic E-state index is 12.2. The van der Waals surface area contributed by atoms with Gasteiger partial charge in [0.2, 0.25) is 0 Å². The third kappa shape index (κ3) is 2.76. The molecule has 1 aliphatic rings. The zero-order chi connectivity index (χ0) is 13.2. The smallest absolute Gasteiger partial charge is 0.251 e. The fraction of sp³-hybridized carbons (Fsp3) is 0.308. The molecule has 98 valence electrons. The van der Waals surface area contributed by atoms with Crippen molar-refractivity contribution in [2.75, 3.05) is 0 Å². The maximum absolute atomic E-state index is 12.2. The molecule has 0 amide bonds. The number of aromatic nitrogens is 3. The first-order valence-corrected chi connectivity index (χ1v) is 6.42. The maximum Gasteiger partial charge on any atom is 0.251 e. The molecule has 2 aromatic rings. The summed E-state index contributed by atoms with van der Waals surface area (Å²) < 4.78 is 7.17. The van der Waals surface area contributed by atoms with Crippen LogP contribution in [0.5, 0.6) is 5.75 Å². The lowest BCUT2D eigenvalue weighted by Gasteiger charge is -2.17. The Kier molecular flexibility index (Phi) is 3.21. The molecule has 0 spiro atoms. The zero-order valence-corrected chi connectivity index (χ0v) is 10.8. The first kappa shape index (κ1) is 12.2. The van der Waals surface area contributed by atoms with Gasteiger partial charge in [-0.2, -0.15) is 5.10 Å². The highest BCUT2D eigenvalue weighted by atomic mass is 35.5. The van der Waals surface area contributed by atoms with Crippen LogP contribution in [0.15, 0.2) is 36.9 Å². The van der Waals surface area contributed by atoms with Crippen LogP contribution in [0.2, 0.25) is 5.02 Å². The minimum atomic E-state index is -0.754. The molecule has 0 bridgehead atoms. The monoisotopic (exact) mass is 277 g/mol. The van der Waals surface area contributed by atoms with Crippen LogP contribution in [-0.2, 0) is 4.79 Å². The molecule has 1 aromatic heterocycles. The average Bonchev–Trinajstić information content (AvgIpc) is 3.13. The molecule has 0 unspecified atom stereocenters. The second-order valence-electron chi connectivity index (χ2n) is 4.48. The molecular formula is C13H12ClN3O2. The number of hydrogen-bond donors (Lipinski definition) is 0. The van der Waals surface area contributed by atoms with Crippen molar-refractivity contribution in [3.63, 3.8) is 0 Å². The summed E-state index contributed by atoms with van der Waals surface area (Å²) in [5, 5.41) is 4.62. The third-order valence-corrected chi connectivity index (χ3v) is 3.21. The first-order valence-electron chi connectivity index (χ1n) is 6.04. The molecule has 1 aromatic carbocycles. The quantitative estimate of drug-likeness (QED) is 0.842. The van der Waals surface area contributed by atoms with Crippen LogP contribution in [0.25, 0.3) is 0 Å². The Morgan fingerprint density at radius 3 is 2.68 bits per heavy atom. The fourth-order valence-electron chi connectivity index (χ4n) is 1.79. The second-order valence-corrected chi connectivity index (χ2v) is 4.91. The van der Waals surface area contributed by atoms with Gasteiger partial charge >= 0.3 is 0 Å². The van der Waals surface area contributed by atoms with Gasteiger partial charge < -0.3 is 4.74 Å². The second kappa shape index (κ2) is 5.01. The van der Waals surface area contributed by atoms with Crippen molar-refractivity contribution in [2.45, 2.75) is 19.1 Å². The molecule has 1 fully saturated rings. The van der Waals surface area contributed by atoms with Crippen LogP contribution >= 0.6 is 11.6 Å². The van der Waals surface area contributed by atoms with E-state index >= 15 is 0 Å². The minimum Gasteiger partial charge on any atom is -0.461 e. The number of carbonyl (C=O) groups is 1. The molecule has 0 aliphatic heterocycles. The Morgan fingerprint density at radius 1 is 1.37 bits per heavy atom. The number of nitrogens with zero attached hydrogens (tertiary/aromatic N) is 3. The lowest BCUT2D eigenvalue weighted by Crippen LogP contribution is -2.27. The number of hydrogen-bond acceptors (Lipinski definition) is 4. The molecule has 3 rings (SSSR count). The van der Waals surface area contributed by atoms with Crippen molar-refractivity contribution in [3.8, 4) is 5.75 Å². The van der Waals surface area contributed by atoms with Gasteiger partial charge in [0.25, 0.3) is 6.23 Å². The van der Waals surface area contributed by atoms with E-state index < -0.39 is 6.23 Å². The molecular weight excluding hydrogens is 266 g/mol. The van der Waals surface area contributed by atoms with Crippen LogP contribution in [0, 0.1) is 5.92 Å². The van der Waals surface area contributed by atoms with E-state index in [4.69, 9.17) is 16.3 Å². The largest absolute Gasteiger partial charge is 0.461 e. The summed E-state index contributed by atoms with van der Waals surface area (Å²) in [5.41, 5.74) is 0. The van der Waals surface area contributed by atoms with Gasteiger partial charge in [-0.05, 0) is 37.1 Å².